The molecule has 13 heavy (non-hydrogen) atoms. The van der Waals surface area contributed by atoms with Crippen LogP contribution in [0.15, 0.2) is 18.6 Å². The van der Waals surface area contributed by atoms with Crippen molar-refractivity contribution >= 4 is 0 Å². The highest BCUT2D eigenvalue weighted by molar-refractivity contribution is 5.02. The van der Waals surface area contributed by atoms with Crippen molar-refractivity contribution < 1.29 is 4.74 Å². The lowest BCUT2D eigenvalue weighted by molar-refractivity contribution is 0.199. The molecule has 4 nitrogen and oxygen atoms in total. The molecule has 2 unspecified atom stereocenters. The van der Waals surface area contributed by atoms with Gasteiger partial charge in [0, 0.05) is 18.4 Å². The van der Waals surface area contributed by atoms with Crippen LogP contribution in [0.3, 0.4) is 0 Å². The first-order chi connectivity index (χ1) is 6.34. The molecular formula is C9H13N3O. The zero-order valence-corrected chi connectivity index (χ0v) is 7.39. The number of nitrogens with zero attached hydrogens (tertiary/aromatic N) is 2. The first-order valence-electron chi connectivity index (χ1n) is 4.53. The molecule has 0 amide bonds. The molecule has 4 heteroatoms. The fraction of sp³-hybridized carbons (Fsp3) is 0.556. The van der Waals surface area contributed by atoms with Gasteiger partial charge in [-0.25, -0.2) is 4.98 Å². The molecule has 1 aliphatic carbocycles. The molecular weight excluding hydrogens is 166 g/mol. The molecule has 2 atom stereocenters. The van der Waals surface area contributed by atoms with Gasteiger partial charge in [0.05, 0.1) is 6.20 Å². The topological polar surface area (TPSA) is 61.0 Å². The molecule has 1 heterocycles. The highest BCUT2D eigenvalue weighted by Gasteiger charge is 2.23. The predicted molar refractivity (Wildman–Crippen MR) is 48.3 cm³/mol. The Morgan fingerprint density at radius 1 is 1.38 bits per heavy atom. The summed E-state index contributed by atoms with van der Waals surface area (Å²) in [6, 6.07) is 0.293. The summed E-state index contributed by atoms with van der Waals surface area (Å²) in [5, 5.41) is 0. The number of hydrogen-bond donors (Lipinski definition) is 1. The van der Waals surface area contributed by atoms with Crippen LogP contribution in [-0.2, 0) is 0 Å². The van der Waals surface area contributed by atoms with E-state index in [2.05, 4.69) is 9.97 Å². The zero-order valence-electron chi connectivity index (χ0n) is 7.39. The van der Waals surface area contributed by atoms with Crippen molar-refractivity contribution in [3.8, 4) is 5.88 Å². The van der Waals surface area contributed by atoms with Crippen LogP contribution in [-0.4, -0.2) is 22.1 Å². The van der Waals surface area contributed by atoms with Gasteiger partial charge in [-0.3, -0.25) is 4.98 Å². The standard InChI is InChI=1S/C9H13N3O/c10-7-1-2-8(5-7)13-9-6-11-3-4-12-9/h3-4,6-8H,1-2,5,10H2. The van der Waals surface area contributed by atoms with Crippen LogP contribution in [0.1, 0.15) is 19.3 Å². The first kappa shape index (κ1) is 8.44. The van der Waals surface area contributed by atoms with E-state index in [0.29, 0.717) is 11.9 Å². The van der Waals surface area contributed by atoms with Crippen molar-refractivity contribution in [1.29, 1.82) is 0 Å². The van der Waals surface area contributed by atoms with E-state index in [1.165, 1.54) is 0 Å². The Hall–Kier alpha value is -1.16. The number of aromatic nitrogens is 2. The van der Waals surface area contributed by atoms with E-state index in [9.17, 15) is 0 Å². The average molecular weight is 179 g/mol. The summed E-state index contributed by atoms with van der Waals surface area (Å²) in [7, 11) is 0. The van der Waals surface area contributed by atoms with Crippen molar-refractivity contribution in [2.24, 2.45) is 5.73 Å². The summed E-state index contributed by atoms with van der Waals surface area (Å²) in [6.45, 7) is 0. The van der Waals surface area contributed by atoms with Crippen LogP contribution in [0.4, 0.5) is 0 Å². The summed E-state index contributed by atoms with van der Waals surface area (Å²) in [4.78, 5) is 7.97. The number of ether oxygens (including phenoxy) is 1. The fourth-order valence-corrected chi connectivity index (χ4v) is 1.60. The van der Waals surface area contributed by atoms with Crippen LogP contribution < -0.4 is 10.5 Å². The van der Waals surface area contributed by atoms with E-state index in [0.717, 1.165) is 19.3 Å². The Morgan fingerprint density at radius 3 is 2.92 bits per heavy atom. The van der Waals surface area contributed by atoms with Crippen molar-refractivity contribution in [3.63, 3.8) is 0 Å². The molecule has 0 aromatic carbocycles. The SMILES string of the molecule is NC1CCC(Oc2cnccn2)C1. The molecule has 0 spiro atoms. The Kier molecular flexibility index (Phi) is 2.40. The van der Waals surface area contributed by atoms with Gasteiger partial charge in [-0.05, 0) is 19.3 Å². The molecule has 2 N–H and O–H groups in total. The minimum Gasteiger partial charge on any atom is -0.473 e. The summed E-state index contributed by atoms with van der Waals surface area (Å²) in [5.74, 6) is 0.599. The highest BCUT2D eigenvalue weighted by atomic mass is 16.5. The van der Waals surface area contributed by atoms with Gasteiger partial charge in [-0.1, -0.05) is 0 Å². The van der Waals surface area contributed by atoms with E-state index >= 15 is 0 Å². The maximum absolute atomic E-state index is 5.76. The minimum absolute atomic E-state index is 0.228. The first-order valence-corrected chi connectivity index (χ1v) is 4.53. The fourth-order valence-electron chi connectivity index (χ4n) is 1.60. The molecule has 0 bridgehead atoms. The molecule has 1 aromatic rings. The number of nitrogens with two attached hydrogens (primary N) is 1. The van der Waals surface area contributed by atoms with Crippen LogP contribution in [0, 0.1) is 0 Å². The quantitative estimate of drug-likeness (QED) is 0.727. The maximum Gasteiger partial charge on any atom is 0.232 e. The second kappa shape index (κ2) is 3.70. The van der Waals surface area contributed by atoms with Crippen molar-refractivity contribution in [1.82, 2.24) is 9.97 Å². The minimum atomic E-state index is 0.228. The van der Waals surface area contributed by atoms with Gasteiger partial charge in [0.1, 0.15) is 6.10 Å². The monoisotopic (exact) mass is 179 g/mol. The second-order valence-electron chi connectivity index (χ2n) is 3.36. The molecule has 70 valence electrons. The van der Waals surface area contributed by atoms with Gasteiger partial charge in [0.2, 0.25) is 5.88 Å². The molecule has 0 aliphatic heterocycles. The number of hydrogen-bond acceptors (Lipinski definition) is 4. The summed E-state index contributed by atoms with van der Waals surface area (Å²) in [6.07, 6.45) is 8.12. The van der Waals surface area contributed by atoms with Crippen LogP contribution >= 0.6 is 0 Å². The highest BCUT2D eigenvalue weighted by Crippen LogP contribution is 2.21. The van der Waals surface area contributed by atoms with Gasteiger partial charge >= 0.3 is 0 Å². The third-order valence-electron chi connectivity index (χ3n) is 2.25. The van der Waals surface area contributed by atoms with Crippen LogP contribution in [0.5, 0.6) is 5.88 Å². The summed E-state index contributed by atoms with van der Waals surface area (Å²) in [5.41, 5.74) is 5.76. The van der Waals surface area contributed by atoms with Gasteiger partial charge in [0.25, 0.3) is 0 Å². The zero-order chi connectivity index (χ0) is 9.10. The van der Waals surface area contributed by atoms with E-state index in [1.54, 1.807) is 18.6 Å². The third-order valence-corrected chi connectivity index (χ3v) is 2.25. The molecule has 1 fully saturated rings. The molecule has 1 aromatic heterocycles. The third kappa shape index (κ3) is 2.15. The van der Waals surface area contributed by atoms with E-state index < -0.39 is 0 Å². The van der Waals surface area contributed by atoms with E-state index in [-0.39, 0.29) is 6.10 Å². The van der Waals surface area contributed by atoms with Crippen LogP contribution in [0.25, 0.3) is 0 Å². The van der Waals surface area contributed by atoms with Gasteiger partial charge in [-0.2, -0.15) is 0 Å². The van der Waals surface area contributed by atoms with Crippen molar-refractivity contribution in [2.75, 3.05) is 0 Å². The predicted octanol–water partition coefficient (Wildman–Crippen LogP) is 0.735. The van der Waals surface area contributed by atoms with Gasteiger partial charge in [0.15, 0.2) is 0 Å². The molecule has 0 saturated heterocycles. The second-order valence-corrected chi connectivity index (χ2v) is 3.36. The Bertz CT molecular complexity index is 265. The largest absolute Gasteiger partial charge is 0.473 e. The maximum atomic E-state index is 5.76. The van der Waals surface area contributed by atoms with E-state index in [1.807, 2.05) is 0 Å². The Labute approximate surface area is 77.1 Å². The number of rotatable bonds is 2. The normalized spacial score (nSPS) is 27.5. The lowest BCUT2D eigenvalue weighted by atomic mass is 10.3. The average Bonchev–Trinajstić information content (AvgIpc) is 2.53. The molecule has 2 rings (SSSR count). The van der Waals surface area contributed by atoms with Gasteiger partial charge in [-0.15, -0.1) is 0 Å². The smallest absolute Gasteiger partial charge is 0.232 e. The Morgan fingerprint density at radius 2 is 2.31 bits per heavy atom. The lowest BCUT2D eigenvalue weighted by Gasteiger charge is -2.11. The molecule has 1 aliphatic rings. The lowest BCUT2D eigenvalue weighted by Crippen LogP contribution is -2.19. The van der Waals surface area contributed by atoms with Crippen molar-refractivity contribution in [3.05, 3.63) is 18.6 Å². The summed E-state index contributed by atoms with van der Waals surface area (Å²) < 4.78 is 5.59. The van der Waals surface area contributed by atoms with Gasteiger partial charge < -0.3 is 10.5 Å². The van der Waals surface area contributed by atoms with Crippen molar-refractivity contribution in [2.45, 2.75) is 31.4 Å². The van der Waals surface area contributed by atoms with Crippen LogP contribution in [0.2, 0.25) is 0 Å². The van der Waals surface area contributed by atoms with E-state index in [4.69, 9.17) is 10.5 Å². The summed E-state index contributed by atoms with van der Waals surface area (Å²) >= 11 is 0. The molecule has 1 saturated carbocycles. The Balaban J connectivity index is 1.92. The molecule has 0 radical (unpaired) electrons.